The van der Waals surface area contributed by atoms with Crippen molar-refractivity contribution in [2.75, 3.05) is 20.2 Å². The fraction of sp³-hybridized carbons (Fsp3) is 0.562. The van der Waals surface area contributed by atoms with Gasteiger partial charge in [0.05, 0.1) is 6.61 Å². The van der Waals surface area contributed by atoms with Crippen LogP contribution in [-0.4, -0.2) is 31.1 Å². The van der Waals surface area contributed by atoms with Crippen LogP contribution in [0.2, 0.25) is 0 Å². The molecule has 1 aromatic rings. The molecule has 0 amide bonds. The summed E-state index contributed by atoms with van der Waals surface area (Å²) in [6.07, 6.45) is 1.27. The quantitative estimate of drug-likeness (QED) is 0.737. The van der Waals surface area contributed by atoms with Gasteiger partial charge < -0.3 is 4.74 Å². The summed E-state index contributed by atoms with van der Waals surface area (Å²) in [4.78, 5) is 14.3. The maximum atomic E-state index is 12.2. The summed E-state index contributed by atoms with van der Waals surface area (Å²) in [5.74, 6) is 1.37. The van der Waals surface area contributed by atoms with Crippen molar-refractivity contribution in [1.82, 2.24) is 4.90 Å². The minimum Gasteiger partial charge on any atom is -0.465 e. The van der Waals surface area contributed by atoms with Crippen LogP contribution in [0.15, 0.2) is 30.3 Å². The molecule has 1 aliphatic carbocycles. The van der Waals surface area contributed by atoms with Gasteiger partial charge in [0, 0.05) is 6.54 Å². The van der Waals surface area contributed by atoms with Gasteiger partial charge in [0.2, 0.25) is 0 Å². The largest absolute Gasteiger partial charge is 0.465 e. The van der Waals surface area contributed by atoms with Gasteiger partial charge in [-0.05, 0) is 37.8 Å². The Hall–Kier alpha value is -1.35. The van der Waals surface area contributed by atoms with Crippen molar-refractivity contribution in [3.05, 3.63) is 35.9 Å². The monoisotopic (exact) mass is 261 g/mol. The number of likely N-dealkylation sites (N-methyl/N-ethyl adjacent to an activating group) is 1. The van der Waals surface area contributed by atoms with Crippen LogP contribution in [0.5, 0.6) is 0 Å². The van der Waals surface area contributed by atoms with Gasteiger partial charge in [-0.15, -0.1) is 0 Å². The van der Waals surface area contributed by atoms with Gasteiger partial charge in [-0.2, -0.15) is 0 Å². The molecule has 1 fully saturated rings. The summed E-state index contributed by atoms with van der Waals surface area (Å²) in [7, 11) is 2.01. The first kappa shape index (κ1) is 14.1. The summed E-state index contributed by atoms with van der Waals surface area (Å²) >= 11 is 0. The number of hydrogen-bond donors (Lipinski definition) is 0. The van der Waals surface area contributed by atoms with E-state index >= 15 is 0 Å². The first-order valence-electron chi connectivity index (χ1n) is 7.05. The molecule has 0 bridgehead atoms. The van der Waals surface area contributed by atoms with Gasteiger partial charge in [-0.3, -0.25) is 4.90 Å². The molecule has 0 spiro atoms. The highest BCUT2D eigenvalue weighted by atomic mass is 16.5. The molecular formula is C16H23NO2. The number of nitrogens with zero attached hydrogens (tertiary/aromatic N) is 1. The average molecular weight is 261 g/mol. The van der Waals surface area contributed by atoms with Crippen LogP contribution >= 0.6 is 0 Å². The van der Waals surface area contributed by atoms with E-state index in [1.165, 1.54) is 6.42 Å². The molecule has 3 heteroatoms. The van der Waals surface area contributed by atoms with E-state index in [2.05, 4.69) is 11.8 Å². The average Bonchev–Trinajstić information content (AvgIpc) is 3.06. The molecule has 3 atom stereocenters. The molecule has 1 saturated carbocycles. The highest BCUT2D eigenvalue weighted by molar-refractivity contribution is 5.77. The van der Waals surface area contributed by atoms with Crippen molar-refractivity contribution in [3.8, 4) is 0 Å². The number of benzene rings is 1. The minimum absolute atomic E-state index is 0.149. The third-order valence-corrected chi connectivity index (χ3v) is 3.86. The van der Waals surface area contributed by atoms with Gasteiger partial charge >= 0.3 is 5.97 Å². The van der Waals surface area contributed by atoms with Crippen molar-refractivity contribution < 1.29 is 9.53 Å². The first-order valence-corrected chi connectivity index (χ1v) is 7.05. The summed E-state index contributed by atoms with van der Waals surface area (Å²) in [5, 5.41) is 0. The molecule has 19 heavy (non-hydrogen) atoms. The normalized spacial score (nSPS) is 23.2. The maximum absolute atomic E-state index is 12.2. The van der Waals surface area contributed by atoms with Crippen LogP contribution in [0.25, 0.3) is 0 Å². The smallest absolute Gasteiger partial charge is 0.327 e. The Morgan fingerprint density at radius 1 is 1.42 bits per heavy atom. The maximum Gasteiger partial charge on any atom is 0.327 e. The molecule has 2 rings (SSSR count). The van der Waals surface area contributed by atoms with Gasteiger partial charge in [0.15, 0.2) is 0 Å². The highest BCUT2D eigenvalue weighted by Crippen LogP contribution is 2.39. The molecule has 3 unspecified atom stereocenters. The SMILES string of the molecule is CCOC(=O)C(c1ccccc1)N(C)CC1CC1C. The number of rotatable bonds is 6. The molecule has 0 saturated heterocycles. The van der Waals surface area contributed by atoms with Gasteiger partial charge in [-0.25, -0.2) is 4.79 Å². The summed E-state index contributed by atoms with van der Waals surface area (Å²) < 4.78 is 5.23. The molecule has 0 heterocycles. The summed E-state index contributed by atoms with van der Waals surface area (Å²) in [6.45, 7) is 5.50. The van der Waals surface area contributed by atoms with E-state index in [0.29, 0.717) is 6.61 Å². The standard InChI is InChI=1S/C16H23NO2/c1-4-19-16(18)15(13-8-6-5-7-9-13)17(3)11-14-10-12(14)2/h5-9,12,14-15H,4,10-11H2,1-3H3. The summed E-state index contributed by atoms with van der Waals surface area (Å²) in [5.41, 5.74) is 1.01. The Morgan fingerprint density at radius 2 is 2.05 bits per heavy atom. The topological polar surface area (TPSA) is 29.5 Å². The van der Waals surface area contributed by atoms with E-state index < -0.39 is 0 Å². The van der Waals surface area contributed by atoms with Crippen molar-refractivity contribution in [2.45, 2.75) is 26.3 Å². The third-order valence-electron chi connectivity index (χ3n) is 3.86. The second-order valence-corrected chi connectivity index (χ2v) is 5.48. The Balaban J connectivity index is 2.11. The van der Waals surface area contributed by atoms with E-state index in [0.717, 1.165) is 23.9 Å². The van der Waals surface area contributed by atoms with Crippen LogP contribution in [0.3, 0.4) is 0 Å². The zero-order valence-electron chi connectivity index (χ0n) is 12.0. The van der Waals surface area contributed by atoms with E-state index in [4.69, 9.17) is 4.74 Å². The first-order chi connectivity index (χ1) is 9.13. The molecule has 0 N–H and O–H groups in total. The van der Waals surface area contributed by atoms with Crippen molar-refractivity contribution in [3.63, 3.8) is 0 Å². The molecule has 1 aliphatic rings. The molecule has 1 aromatic carbocycles. The van der Waals surface area contributed by atoms with E-state index in [-0.39, 0.29) is 12.0 Å². The predicted octanol–water partition coefficient (Wildman–Crippen LogP) is 2.88. The lowest BCUT2D eigenvalue weighted by Gasteiger charge is -2.26. The lowest BCUT2D eigenvalue weighted by Crippen LogP contribution is -2.34. The van der Waals surface area contributed by atoms with Crippen LogP contribution in [0.1, 0.15) is 31.9 Å². The zero-order valence-corrected chi connectivity index (χ0v) is 12.0. The van der Waals surface area contributed by atoms with Gasteiger partial charge in [-0.1, -0.05) is 37.3 Å². The van der Waals surface area contributed by atoms with E-state index in [1.807, 2.05) is 44.3 Å². The van der Waals surface area contributed by atoms with Gasteiger partial charge in [0.1, 0.15) is 6.04 Å². The highest BCUT2D eigenvalue weighted by Gasteiger charge is 2.36. The molecular weight excluding hydrogens is 238 g/mol. The van der Waals surface area contributed by atoms with Crippen molar-refractivity contribution >= 4 is 5.97 Å². The Kier molecular flexibility index (Phi) is 4.59. The lowest BCUT2D eigenvalue weighted by molar-refractivity contribution is -0.149. The Morgan fingerprint density at radius 3 is 2.58 bits per heavy atom. The molecule has 104 valence electrons. The second kappa shape index (κ2) is 6.20. The van der Waals surface area contributed by atoms with Gasteiger partial charge in [0.25, 0.3) is 0 Å². The number of carbonyl (C=O) groups excluding carboxylic acids is 1. The number of carbonyl (C=O) groups is 1. The fourth-order valence-corrected chi connectivity index (χ4v) is 2.56. The summed E-state index contributed by atoms with van der Waals surface area (Å²) in [6, 6.07) is 9.61. The zero-order chi connectivity index (χ0) is 13.8. The van der Waals surface area contributed by atoms with Crippen LogP contribution in [-0.2, 0) is 9.53 Å². The molecule has 0 aliphatic heterocycles. The van der Waals surface area contributed by atoms with Crippen LogP contribution < -0.4 is 0 Å². The molecule has 3 nitrogen and oxygen atoms in total. The van der Waals surface area contributed by atoms with E-state index in [9.17, 15) is 4.79 Å². The number of ether oxygens (including phenoxy) is 1. The van der Waals surface area contributed by atoms with Crippen molar-refractivity contribution in [2.24, 2.45) is 11.8 Å². The number of esters is 1. The van der Waals surface area contributed by atoms with Crippen LogP contribution in [0.4, 0.5) is 0 Å². The Bertz CT molecular complexity index is 418. The van der Waals surface area contributed by atoms with E-state index in [1.54, 1.807) is 0 Å². The molecule has 0 aromatic heterocycles. The Labute approximate surface area is 115 Å². The number of hydrogen-bond acceptors (Lipinski definition) is 3. The third kappa shape index (κ3) is 3.57. The molecule has 0 radical (unpaired) electrons. The fourth-order valence-electron chi connectivity index (χ4n) is 2.56. The minimum atomic E-state index is -0.283. The predicted molar refractivity (Wildman–Crippen MR) is 75.7 cm³/mol. The van der Waals surface area contributed by atoms with Crippen molar-refractivity contribution in [1.29, 1.82) is 0 Å². The second-order valence-electron chi connectivity index (χ2n) is 5.48. The van der Waals surface area contributed by atoms with Crippen LogP contribution in [0, 0.1) is 11.8 Å². The lowest BCUT2D eigenvalue weighted by atomic mass is 10.1.